The number of rotatable bonds is 15. The fraction of sp³-hybridized carbons (Fsp3) is 0.163. The number of aromatic nitrogens is 1. The summed E-state index contributed by atoms with van der Waals surface area (Å²) < 4.78 is 11.2. The molecule has 8 nitrogen and oxygen atoms in total. The quantitative estimate of drug-likeness (QED) is 0.0674. The normalized spacial score (nSPS) is 11.4. The van der Waals surface area contributed by atoms with Gasteiger partial charge in [0.2, 0.25) is 0 Å². The van der Waals surface area contributed by atoms with Gasteiger partial charge in [0.25, 0.3) is 5.91 Å². The molecule has 0 saturated carbocycles. The van der Waals surface area contributed by atoms with Gasteiger partial charge in [-0.15, -0.1) is 0 Å². The molecule has 0 unspecified atom stereocenters. The van der Waals surface area contributed by atoms with E-state index < -0.39 is 12.0 Å². The zero-order valence-electron chi connectivity index (χ0n) is 28.4. The summed E-state index contributed by atoms with van der Waals surface area (Å²) in [5.41, 5.74) is 4.71. The second-order valence-corrected chi connectivity index (χ2v) is 12.1. The lowest BCUT2D eigenvalue weighted by Crippen LogP contribution is -2.33. The number of carbonyl (C=O) groups is 3. The molecule has 0 aliphatic heterocycles. The maximum atomic E-state index is 13.7. The Bertz CT molecular complexity index is 2080. The lowest BCUT2D eigenvalue weighted by atomic mass is 10.00. The number of ketones is 1. The summed E-state index contributed by atoms with van der Waals surface area (Å²) in [6, 6.07) is 44.4. The van der Waals surface area contributed by atoms with Crippen LogP contribution in [0.3, 0.4) is 0 Å². The van der Waals surface area contributed by atoms with Gasteiger partial charge in [0, 0.05) is 41.7 Å². The van der Waals surface area contributed by atoms with E-state index in [2.05, 4.69) is 10.3 Å². The molecule has 1 N–H and O–H groups in total. The molecule has 0 aliphatic rings. The Balaban J connectivity index is 1.07. The number of nitrogens with one attached hydrogen (secondary N) is 1. The number of hydrogen-bond acceptors (Lipinski definition) is 7. The molecule has 0 spiro atoms. The van der Waals surface area contributed by atoms with Crippen LogP contribution in [-0.4, -0.2) is 53.8 Å². The molecule has 6 rings (SSSR count). The number of esters is 1. The topological polar surface area (TPSA) is 97.8 Å². The second kappa shape index (κ2) is 16.9. The van der Waals surface area contributed by atoms with Crippen molar-refractivity contribution in [3.63, 3.8) is 0 Å². The third-order valence-electron chi connectivity index (χ3n) is 8.55. The fourth-order valence-electron chi connectivity index (χ4n) is 5.88. The van der Waals surface area contributed by atoms with E-state index in [0.29, 0.717) is 60.8 Å². The SMILES string of the molecule is COC(=O)[C@H](Cc1ccc(OCCCN(Cc2ccccc2)C(=O)c2ccc3ccccc3n2)cc1)Nc1ccccc1C(=O)c1ccccc1. The lowest BCUT2D eigenvalue weighted by Gasteiger charge is -2.23. The zero-order valence-corrected chi connectivity index (χ0v) is 28.4. The van der Waals surface area contributed by atoms with E-state index in [4.69, 9.17) is 9.47 Å². The minimum Gasteiger partial charge on any atom is -0.494 e. The summed E-state index contributed by atoms with van der Waals surface area (Å²) in [5, 5.41) is 4.23. The van der Waals surface area contributed by atoms with Crippen molar-refractivity contribution in [1.29, 1.82) is 0 Å². The van der Waals surface area contributed by atoms with Crippen LogP contribution in [0.1, 0.15) is 44.0 Å². The van der Waals surface area contributed by atoms with E-state index in [1.807, 2.05) is 114 Å². The van der Waals surface area contributed by atoms with Crippen LogP contribution in [0.15, 0.2) is 146 Å². The molecule has 1 aromatic heterocycles. The Morgan fingerprint density at radius 2 is 1.41 bits per heavy atom. The van der Waals surface area contributed by atoms with E-state index in [9.17, 15) is 14.4 Å². The third kappa shape index (κ3) is 9.05. The predicted molar refractivity (Wildman–Crippen MR) is 199 cm³/mol. The summed E-state index contributed by atoms with van der Waals surface area (Å²) in [7, 11) is 1.35. The number of anilines is 1. The van der Waals surface area contributed by atoms with Gasteiger partial charge < -0.3 is 19.7 Å². The van der Waals surface area contributed by atoms with Crippen molar-refractivity contribution in [2.45, 2.75) is 25.4 Å². The van der Waals surface area contributed by atoms with E-state index in [0.717, 1.165) is 22.0 Å². The zero-order chi connectivity index (χ0) is 35.4. The average Bonchev–Trinajstić information content (AvgIpc) is 3.19. The van der Waals surface area contributed by atoms with Crippen molar-refractivity contribution in [3.8, 4) is 5.75 Å². The highest BCUT2D eigenvalue weighted by Crippen LogP contribution is 2.23. The Morgan fingerprint density at radius 1 is 0.725 bits per heavy atom. The van der Waals surface area contributed by atoms with Crippen LogP contribution in [-0.2, 0) is 22.5 Å². The van der Waals surface area contributed by atoms with Gasteiger partial charge in [-0.2, -0.15) is 0 Å². The van der Waals surface area contributed by atoms with Crippen LogP contribution in [0, 0.1) is 0 Å². The minimum atomic E-state index is -0.725. The molecule has 6 aromatic rings. The average molecular weight is 678 g/mol. The molecule has 1 amide bonds. The second-order valence-electron chi connectivity index (χ2n) is 12.1. The van der Waals surface area contributed by atoms with Gasteiger partial charge in [-0.05, 0) is 53.9 Å². The van der Waals surface area contributed by atoms with Crippen LogP contribution >= 0.6 is 0 Å². The largest absolute Gasteiger partial charge is 0.494 e. The van der Waals surface area contributed by atoms with Gasteiger partial charge in [-0.25, -0.2) is 9.78 Å². The number of ether oxygens (including phenoxy) is 2. The first-order valence-corrected chi connectivity index (χ1v) is 16.9. The smallest absolute Gasteiger partial charge is 0.328 e. The number of methoxy groups -OCH3 is 1. The molecule has 8 heteroatoms. The summed E-state index contributed by atoms with van der Waals surface area (Å²) in [6.07, 6.45) is 0.948. The Labute approximate surface area is 297 Å². The molecule has 51 heavy (non-hydrogen) atoms. The number of hydrogen-bond donors (Lipinski definition) is 1. The fourth-order valence-corrected chi connectivity index (χ4v) is 5.88. The molecule has 0 fully saturated rings. The standard InChI is InChI=1S/C43H39N3O5/c1-50-43(49)40(45-38-20-11-9-18-36(38)41(47)34-16-6-3-7-17-34)29-31-21-24-35(25-22-31)51-28-12-27-46(30-32-13-4-2-5-14-32)42(48)39-26-23-33-15-8-10-19-37(33)44-39/h2-11,13-26,40,45H,12,27-30H2,1H3/t40-/m0/s1. The molecular weight excluding hydrogens is 638 g/mol. The van der Waals surface area contributed by atoms with Crippen LogP contribution < -0.4 is 10.1 Å². The summed E-state index contributed by atoms with van der Waals surface area (Å²) in [5.74, 6) is -0.0282. The highest BCUT2D eigenvalue weighted by molar-refractivity contribution is 6.12. The van der Waals surface area contributed by atoms with Crippen molar-refractivity contribution in [2.24, 2.45) is 0 Å². The summed E-state index contributed by atoms with van der Waals surface area (Å²) >= 11 is 0. The molecule has 1 atom stereocenters. The highest BCUT2D eigenvalue weighted by Gasteiger charge is 2.23. The van der Waals surface area contributed by atoms with Crippen LogP contribution in [0.2, 0.25) is 0 Å². The number of nitrogens with zero attached hydrogens (tertiary/aromatic N) is 2. The Morgan fingerprint density at radius 3 is 2.18 bits per heavy atom. The van der Waals surface area contributed by atoms with E-state index in [1.165, 1.54) is 7.11 Å². The molecule has 256 valence electrons. The predicted octanol–water partition coefficient (Wildman–Crippen LogP) is 7.77. The lowest BCUT2D eigenvalue weighted by molar-refractivity contribution is -0.141. The molecule has 0 saturated heterocycles. The Hall–Kier alpha value is -6.28. The van der Waals surface area contributed by atoms with Gasteiger partial charge in [-0.3, -0.25) is 9.59 Å². The molecule has 0 aliphatic carbocycles. The van der Waals surface area contributed by atoms with Crippen LogP contribution in [0.5, 0.6) is 5.75 Å². The summed E-state index contributed by atoms with van der Waals surface area (Å²) in [4.78, 5) is 46.2. The monoisotopic (exact) mass is 677 g/mol. The highest BCUT2D eigenvalue weighted by atomic mass is 16.5. The van der Waals surface area contributed by atoms with Gasteiger partial charge in [-0.1, -0.05) is 109 Å². The number of amides is 1. The number of carbonyl (C=O) groups excluding carboxylic acids is 3. The molecule has 0 bridgehead atoms. The van der Waals surface area contributed by atoms with E-state index in [-0.39, 0.29) is 11.7 Å². The first-order valence-electron chi connectivity index (χ1n) is 16.9. The maximum absolute atomic E-state index is 13.7. The molecular formula is C43H39N3O5. The summed E-state index contributed by atoms with van der Waals surface area (Å²) in [6.45, 7) is 1.35. The van der Waals surface area contributed by atoms with Crippen LogP contribution in [0.25, 0.3) is 10.9 Å². The molecule has 0 radical (unpaired) electrons. The van der Waals surface area contributed by atoms with Gasteiger partial charge in [0.15, 0.2) is 5.78 Å². The Kier molecular flexibility index (Phi) is 11.5. The van der Waals surface area contributed by atoms with Gasteiger partial charge in [0.1, 0.15) is 17.5 Å². The van der Waals surface area contributed by atoms with E-state index >= 15 is 0 Å². The maximum Gasteiger partial charge on any atom is 0.328 e. The third-order valence-corrected chi connectivity index (χ3v) is 8.55. The molecule has 1 heterocycles. The van der Waals surface area contributed by atoms with Crippen molar-refractivity contribution >= 4 is 34.3 Å². The first kappa shape index (κ1) is 34.6. The number of para-hydroxylation sites is 2. The van der Waals surface area contributed by atoms with Gasteiger partial charge in [0.05, 0.1) is 19.2 Å². The molecule has 5 aromatic carbocycles. The number of pyridine rings is 1. The van der Waals surface area contributed by atoms with E-state index in [1.54, 1.807) is 36.4 Å². The van der Waals surface area contributed by atoms with Crippen molar-refractivity contribution in [2.75, 3.05) is 25.6 Å². The van der Waals surface area contributed by atoms with Gasteiger partial charge >= 0.3 is 5.97 Å². The number of fused-ring (bicyclic) bond motifs is 1. The first-order chi connectivity index (χ1) is 25.0. The van der Waals surface area contributed by atoms with Crippen molar-refractivity contribution < 1.29 is 23.9 Å². The van der Waals surface area contributed by atoms with Crippen molar-refractivity contribution in [1.82, 2.24) is 9.88 Å². The van der Waals surface area contributed by atoms with Crippen molar-refractivity contribution in [3.05, 3.63) is 174 Å². The minimum absolute atomic E-state index is 0.130. The van der Waals surface area contributed by atoms with Crippen LogP contribution in [0.4, 0.5) is 5.69 Å². The number of benzene rings is 5.